The van der Waals surface area contributed by atoms with Crippen molar-refractivity contribution in [2.45, 2.75) is 85.3 Å². The number of fused-ring (bicyclic) bond motifs is 1. The second-order valence-electron chi connectivity index (χ2n) is 8.97. The van der Waals surface area contributed by atoms with Gasteiger partial charge in [0.1, 0.15) is 5.75 Å². The van der Waals surface area contributed by atoms with E-state index >= 15 is 0 Å². The van der Waals surface area contributed by atoms with E-state index < -0.39 is 6.10 Å². The first kappa shape index (κ1) is 18.8. The lowest BCUT2D eigenvalue weighted by Gasteiger charge is -2.34. The molecule has 1 aliphatic carbocycles. The molecule has 24 heavy (non-hydrogen) atoms. The van der Waals surface area contributed by atoms with Crippen LogP contribution >= 0.6 is 0 Å². The van der Waals surface area contributed by atoms with E-state index in [1.54, 1.807) is 0 Å². The second-order valence-corrected chi connectivity index (χ2v) is 8.97. The monoisotopic (exact) mass is 331 g/mol. The molecule has 1 aromatic rings. The highest BCUT2D eigenvalue weighted by molar-refractivity contribution is 5.81. The summed E-state index contributed by atoms with van der Waals surface area (Å²) in [5.74, 6) is 0.834. The van der Waals surface area contributed by atoms with Gasteiger partial charge in [-0.15, -0.1) is 0 Å². The summed E-state index contributed by atoms with van der Waals surface area (Å²) in [7, 11) is 0. The topological polar surface area (TPSA) is 38.3 Å². The zero-order chi connectivity index (χ0) is 18.0. The second kappa shape index (κ2) is 7.16. The smallest absolute Gasteiger partial charge is 0.261 e. The zero-order valence-electron chi connectivity index (χ0n) is 16.2. The van der Waals surface area contributed by atoms with E-state index in [4.69, 9.17) is 4.74 Å². The van der Waals surface area contributed by atoms with Crippen molar-refractivity contribution in [3.8, 4) is 5.75 Å². The van der Waals surface area contributed by atoms with Crippen LogP contribution in [0.4, 0.5) is 0 Å². The van der Waals surface area contributed by atoms with Gasteiger partial charge in [-0.3, -0.25) is 4.79 Å². The number of carbonyl (C=O) groups is 1. The molecule has 0 aliphatic heterocycles. The van der Waals surface area contributed by atoms with Crippen LogP contribution in [-0.2, 0) is 17.6 Å². The Labute approximate surface area is 147 Å². The van der Waals surface area contributed by atoms with Crippen LogP contribution in [0.1, 0.15) is 71.9 Å². The molecule has 0 bridgehead atoms. The minimum atomic E-state index is -0.488. The lowest BCUT2D eigenvalue weighted by molar-refractivity contribution is -0.129. The van der Waals surface area contributed by atoms with Crippen LogP contribution in [0.3, 0.4) is 0 Å². The maximum atomic E-state index is 12.6. The van der Waals surface area contributed by atoms with Crippen molar-refractivity contribution in [3.05, 3.63) is 29.3 Å². The molecule has 0 radical (unpaired) electrons. The van der Waals surface area contributed by atoms with Crippen LogP contribution in [0.5, 0.6) is 5.75 Å². The number of ether oxygens (including phenoxy) is 1. The number of rotatable bonds is 5. The van der Waals surface area contributed by atoms with E-state index in [2.05, 4.69) is 46.0 Å². The standard InChI is InChI=1S/C21H33NO2/c1-15(19(23)22-21(5,6)14-20(2,3)4)24-18-13-9-11-16-10-7-8-12-17(16)18/h9,11,13,15H,7-8,10,12,14H2,1-6H3,(H,22,23). The number of hydrogen-bond donors (Lipinski definition) is 1. The average Bonchev–Trinajstić information content (AvgIpc) is 2.44. The molecule has 2 rings (SSSR count). The minimum Gasteiger partial charge on any atom is -0.481 e. The molecule has 134 valence electrons. The Morgan fingerprint density at radius 1 is 1.17 bits per heavy atom. The zero-order valence-corrected chi connectivity index (χ0v) is 16.2. The highest BCUT2D eigenvalue weighted by atomic mass is 16.5. The number of aryl methyl sites for hydroxylation is 1. The van der Waals surface area contributed by atoms with E-state index in [1.807, 2.05) is 19.1 Å². The van der Waals surface area contributed by atoms with E-state index in [0.29, 0.717) is 0 Å². The van der Waals surface area contributed by atoms with Crippen LogP contribution in [0.25, 0.3) is 0 Å². The summed E-state index contributed by atoms with van der Waals surface area (Å²) in [4.78, 5) is 12.6. The van der Waals surface area contributed by atoms with Crippen molar-refractivity contribution in [2.75, 3.05) is 0 Å². The summed E-state index contributed by atoms with van der Waals surface area (Å²) in [5, 5.41) is 3.15. The molecule has 0 aromatic heterocycles. The molecule has 0 fully saturated rings. The fourth-order valence-corrected chi connectivity index (χ4v) is 3.91. The van der Waals surface area contributed by atoms with Crippen LogP contribution in [0.2, 0.25) is 0 Å². The Kier molecular flexibility index (Phi) is 5.62. The van der Waals surface area contributed by atoms with Crippen LogP contribution < -0.4 is 10.1 Å². The Hall–Kier alpha value is -1.51. The molecule has 0 saturated heterocycles. The Morgan fingerprint density at radius 3 is 2.50 bits per heavy atom. The number of benzene rings is 1. The van der Waals surface area contributed by atoms with E-state index in [0.717, 1.165) is 25.0 Å². The first-order chi connectivity index (χ1) is 11.1. The van der Waals surface area contributed by atoms with Crippen molar-refractivity contribution >= 4 is 5.91 Å². The number of amides is 1. The third kappa shape index (κ3) is 5.25. The fraction of sp³-hybridized carbons (Fsp3) is 0.667. The summed E-state index contributed by atoms with van der Waals surface area (Å²) in [6.45, 7) is 12.6. The molecule has 3 nitrogen and oxygen atoms in total. The first-order valence-corrected chi connectivity index (χ1v) is 9.17. The van der Waals surface area contributed by atoms with Gasteiger partial charge in [-0.25, -0.2) is 0 Å². The maximum absolute atomic E-state index is 12.6. The van der Waals surface area contributed by atoms with Gasteiger partial charge in [0.05, 0.1) is 0 Å². The van der Waals surface area contributed by atoms with Gasteiger partial charge in [0, 0.05) is 5.54 Å². The lowest BCUT2D eigenvalue weighted by Crippen LogP contribution is -2.50. The van der Waals surface area contributed by atoms with Crippen molar-refractivity contribution in [3.63, 3.8) is 0 Å². The summed E-state index contributed by atoms with van der Waals surface area (Å²) >= 11 is 0. The van der Waals surface area contributed by atoms with Gasteiger partial charge in [0.25, 0.3) is 5.91 Å². The predicted octanol–water partition coefficient (Wildman–Crippen LogP) is 4.66. The summed E-state index contributed by atoms with van der Waals surface area (Å²) in [6, 6.07) is 6.21. The summed E-state index contributed by atoms with van der Waals surface area (Å²) in [6.07, 6.45) is 5.04. The molecule has 1 atom stereocenters. The predicted molar refractivity (Wildman–Crippen MR) is 99.5 cm³/mol. The third-order valence-corrected chi connectivity index (χ3v) is 4.46. The molecule has 1 N–H and O–H groups in total. The van der Waals surface area contributed by atoms with Gasteiger partial charge < -0.3 is 10.1 Å². The summed E-state index contributed by atoms with van der Waals surface area (Å²) in [5.41, 5.74) is 2.58. The average molecular weight is 332 g/mol. The Bertz CT molecular complexity index is 584. The van der Waals surface area contributed by atoms with Crippen molar-refractivity contribution in [1.82, 2.24) is 5.32 Å². The van der Waals surface area contributed by atoms with Gasteiger partial charge in [0.15, 0.2) is 6.10 Å². The van der Waals surface area contributed by atoms with Gasteiger partial charge in [0.2, 0.25) is 0 Å². The van der Waals surface area contributed by atoms with Crippen molar-refractivity contribution in [1.29, 1.82) is 0 Å². The Morgan fingerprint density at radius 2 is 1.83 bits per heavy atom. The van der Waals surface area contributed by atoms with Crippen molar-refractivity contribution < 1.29 is 9.53 Å². The van der Waals surface area contributed by atoms with E-state index in [-0.39, 0.29) is 16.9 Å². The van der Waals surface area contributed by atoms with Crippen LogP contribution in [-0.4, -0.2) is 17.6 Å². The largest absolute Gasteiger partial charge is 0.481 e. The maximum Gasteiger partial charge on any atom is 0.261 e. The summed E-state index contributed by atoms with van der Waals surface area (Å²) < 4.78 is 6.04. The highest BCUT2D eigenvalue weighted by Crippen LogP contribution is 2.30. The molecule has 1 aromatic carbocycles. The normalized spacial score (nSPS) is 16.2. The molecule has 1 unspecified atom stereocenters. The van der Waals surface area contributed by atoms with Crippen LogP contribution in [0, 0.1) is 5.41 Å². The molecule has 0 saturated carbocycles. The molecular weight excluding hydrogens is 298 g/mol. The molecule has 1 aliphatic rings. The first-order valence-electron chi connectivity index (χ1n) is 9.17. The minimum absolute atomic E-state index is 0.0438. The van der Waals surface area contributed by atoms with E-state index in [9.17, 15) is 4.79 Å². The quantitative estimate of drug-likeness (QED) is 0.852. The molecule has 0 heterocycles. The lowest BCUT2D eigenvalue weighted by atomic mass is 9.81. The SMILES string of the molecule is CC(Oc1cccc2c1CCCC2)C(=O)NC(C)(C)CC(C)(C)C. The fourth-order valence-electron chi connectivity index (χ4n) is 3.91. The molecule has 3 heteroatoms. The number of carbonyl (C=O) groups excluding carboxylic acids is 1. The Balaban J connectivity index is 2.02. The highest BCUT2D eigenvalue weighted by Gasteiger charge is 2.29. The van der Waals surface area contributed by atoms with Gasteiger partial charge >= 0.3 is 0 Å². The van der Waals surface area contributed by atoms with Gasteiger partial charge in [-0.05, 0) is 75.5 Å². The molecular formula is C21H33NO2. The molecule has 1 amide bonds. The van der Waals surface area contributed by atoms with Gasteiger partial charge in [-0.1, -0.05) is 32.9 Å². The number of nitrogens with one attached hydrogen (secondary N) is 1. The van der Waals surface area contributed by atoms with Crippen molar-refractivity contribution in [2.24, 2.45) is 5.41 Å². The molecule has 0 spiro atoms. The number of hydrogen-bond acceptors (Lipinski definition) is 2. The van der Waals surface area contributed by atoms with Gasteiger partial charge in [-0.2, -0.15) is 0 Å². The van der Waals surface area contributed by atoms with E-state index in [1.165, 1.54) is 24.0 Å². The van der Waals surface area contributed by atoms with Crippen LogP contribution in [0.15, 0.2) is 18.2 Å². The third-order valence-electron chi connectivity index (χ3n) is 4.46.